The second kappa shape index (κ2) is 16.2. The molecule has 0 aliphatic carbocycles. The van der Waals surface area contributed by atoms with Gasteiger partial charge in [0.05, 0.1) is 38.6 Å². The minimum atomic E-state index is -5.05. The van der Waals surface area contributed by atoms with Gasteiger partial charge in [0.1, 0.15) is 61.0 Å². The van der Waals surface area contributed by atoms with Crippen molar-refractivity contribution in [2.45, 2.75) is 81.5 Å². The van der Waals surface area contributed by atoms with Crippen LogP contribution in [0.4, 0.5) is 11.8 Å². The molecular weight excluding hydrogens is 846 g/mol. The number of aliphatic hydroxyl groups excluding tert-OH is 2. The van der Waals surface area contributed by atoms with Crippen LogP contribution in [0, 0.1) is 6.92 Å². The van der Waals surface area contributed by atoms with E-state index in [1.165, 1.54) is 41.2 Å². The number of nitrogens with zero attached hydrogens (tertiary/aromatic N) is 8. The van der Waals surface area contributed by atoms with Gasteiger partial charge in [-0.25, -0.2) is 33.9 Å². The molecule has 60 heavy (non-hydrogen) atoms. The van der Waals surface area contributed by atoms with Crippen molar-refractivity contribution in [2.24, 2.45) is 0 Å². The fourth-order valence-corrected chi connectivity index (χ4v) is 9.01. The number of nitrogen functional groups attached to an aromatic ring is 2. The molecule has 11 atom stereocenters. The van der Waals surface area contributed by atoms with Crippen LogP contribution < -0.4 is 28.3 Å². The van der Waals surface area contributed by atoms with E-state index in [1.54, 1.807) is 0 Å². The zero-order valence-electron chi connectivity index (χ0n) is 31.1. The van der Waals surface area contributed by atoms with E-state index in [4.69, 9.17) is 43.8 Å². The first-order valence-electron chi connectivity index (χ1n) is 18.0. The van der Waals surface area contributed by atoms with Gasteiger partial charge in [0.25, 0.3) is 11.1 Å². The monoisotopic (exact) mass is 884 g/mol. The van der Waals surface area contributed by atoms with Gasteiger partial charge in [-0.05, 0) is 6.92 Å². The van der Waals surface area contributed by atoms with E-state index in [9.17, 15) is 43.5 Å². The smallest absolute Gasteiger partial charge is 0.394 e. The highest BCUT2D eigenvalue weighted by Crippen LogP contribution is 2.52. The lowest BCUT2D eigenvalue weighted by atomic mass is 10.2. The molecule has 30 heteroatoms. The first-order valence-corrected chi connectivity index (χ1v) is 21.0. The summed E-state index contributed by atoms with van der Waals surface area (Å²) in [5.74, 6) is -0.133. The molecule has 5 aromatic heterocycles. The summed E-state index contributed by atoms with van der Waals surface area (Å²) in [7, 11) is -10.1. The average molecular weight is 885 g/mol. The van der Waals surface area contributed by atoms with Gasteiger partial charge in [0.15, 0.2) is 22.6 Å². The van der Waals surface area contributed by atoms with E-state index in [-0.39, 0.29) is 58.9 Å². The molecule has 0 aromatic carbocycles. The Labute approximate surface area is 334 Å². The third-order valence-corrected chi connectivity index (χ3v) is 12.0. The molecule has 5 aromatic rings. The van der Waals surface area contributed by atoms with Crippen LogP contribution in [0.5, 0.6) is 0 Å². The number of hydrogen-bond acceptors (Lipinski definition) is 21. The largest absolute Gasteiger partial charge is 0.472 e. The minimum Gasteiger partial charge on any atom is -0.394 e. The Morgan fingerprint density at radius 2 is 1.37 bits per heavy atom. The van der Waals surface area contributed by atoms with Crippen molar-refractivity contribution in [3.8, 4) is 0 Å². The van der Waals surface area contributed by atoms with Crippen LogP contribution in [-0.2, 0) is 41.4 Å². The van der Waals surface area contributed by atoms with Crippen LogP contribution in [0.25, 0.3) is 22.3 Å². The number of ether oxygens (including phenoxy) is 3. The Bertz CT molecular complexity index is 2690. The van der Waals surface area contributed by atoms with Gasteiger partial charge in [0.2, 0.25) is 5.95 Å². The summed E-state index contributed by atoms with van der Waals surface area (Å²) >= 11 is 0. The summed E-state index contributed by atoms with van der Waals surface area (Å²) < 4.78 is 69.7. The Morgan fingerprint density at radius 3 is 2.05 bits per heavy atom. The van der Waals surface area contributed by atoms with Gasteiger partial charge in [-0.3, -0.25) is 51.4 Å². The molecule has 324 valence electrons. The van der Waals surface area contributed by atoms with Gasteiger partial charge in [-0.2, -0.15) is 4.98 Å². The lowest BCUT2D eigenvalue weighted by Gasteiger charge is -2.24. The molecule has 0 radical (unpaired) electrons. The maximum Gasteiger partial charge on any atom is 0.472 e. The summed E-state index contributed by atoms with van der Waals surface area (Å²) in [6.07, 6.45) is -6.08. The van der Waals surface area contributed by atoms with Crippen molar-refractivity contribution < 1.29 is 61.4 Å². The number of aliphatic hydroxyl groups is 2. The molecule has 28 nitrogen and oxygen atoms in total. The summed E-state index contributed by atoms with van der Waals surface area (Å²) in [6.45, 7) is -0.634. The van der Waals surface area contributed by atoms with Crippen LogP contribution in [0.1, 0.15) is 43.5 Å². The van der Waals surface area contributed by atoms with Crippen LogP contribution in [0.2, 0.25) is 0 Å². The van der Waals surface area contributed by atoms with E-state index in [1.807, 2.05) is 0 Å². The zero-order valence-corrected chi connectivity index (χ0v) is 32.9. The number of nitrogens with two attached hydrogens (primary N) is 2. The molecule has 3 fully saturated rings. The SMILES string of the molecule is Cc1cn([C@H]2C[C@H](O)[C@@H](COP(=O)(O)O[C@H]3C[C@H](n4cnc5c(N)ncnc54)O[C@@H]3COP(=O)(O)O[C@H]3C[C@H](n4cnc5c(=O)[nH]c(N)nc54)O[C@@H]3CO)O2)c(=O)[nH]c1=O. The first kappa shape index (κ1) is 41.9. The van der Waals surface area contributed by atoms with Crippen molar-refractivity contribution >= 4 is 49.7 Å². The number of phosphoric acid groups is 2. The van der Waals surface area contributed by atoms with E-state index in [0.717, 1.165) is 4.57 Å². The van der Waals surface area contributed by atoms with Crippen molar-refractivity contribution in [1.29, 1.82) is 0 Å². The third-order valence-electron chi connectivity index (χ3n) is 10.0. The summed E-state index contributed by atoms with van der Waals surface area (Å²) in [5, 5.41) is 20.7. The van der Waals surface area contributed by atoms with Gasteiger partial charge in [0, 0.05) is 31.0 Å². The zero-order chi connectivity index (χ0) is 42.7. The highest BCUT2D eigenvalue weighted by molar-refractivity contribution is 7.47. The minimum absolute atomic E-state index is 0.0493. The van der Waals surface area contributed by atoms with E-state index in [0.29, 0.717) is 0 Å². The molecule has 0 bridgehead atoms. The van der Waals surface area contributed by atoms with Crippen molar-refractivity contribution in [3.05, 3.63) is 61.9 Å². The van der Waals surface area contributed by atoms with Gasteiger partial charge < -0.3 is 45.7 Å². The molecule has 8 rings (SSSR count). The number of anilines is 2. The number of H-pyrrole nitrogens is 2. The Kier molecular flexibility index (Phi) is 11.3. The lowest BCUT2D eigenvalue weighted by molar-refractivity contribution is -0.0606. The number of phosphoric ester groups is 2. The summed E-state index contributed by atoms with van der Waals surface area (Å²) in [4.78, 5) is 83.0. The maximum absolute atomic E-state index is 13.4. The quantitative estimate of drug-likeness (QED) is 0.0570. The normalized spacial score (nSPS) is 29.1. The van der Waals surface area contributed by atoms with Crippen LogP contribution in [0.3, 0.4) is 0 Å². The molecule has 2 unspecified atom stereocenters. The number of aromatic amines is 2. The summed E-state index contributed by atoms with van der Waals surface area (Å²) in [6, 6.07) is 0. The van der Waals surface area contributed by atoms with E-state index >= 15 is 0 Å². The molecule has 3 aliphatic rings. The number of hydrogen-bond donors (Lipinski definition) is 8. The fraction of sp³-hybridized carbons (Fsp3) is 0.533. The number of aromatic nitrogens is 10. The fourth-order valence-electron chi connectivity index (χ4n) is 7.09. The Hall–Kier alpha value is -4.80. The molecule has 10 N–H and O–H groups in total. The van der Waals surface area contributed by atoms with Gasteiger partial charge in [-0.15, -0.1) is 0 Å². The number of nitrogens with one attached hydrogen (secondary N) is 2. The molecule has 0 spiro atoms. The highest BCUT2D eigenvalue weighted by atomic mass is 31.2. The average Bonchev–Trinajstić information content (AvgIpc) is 4.02. The van der Waals surface area contributed by atoms with Crippen LogP contribution >= 0.6 is 15.6 Å². The predicted octanol–water partition coefficient (Wildman–Crippen LogP) is -1.80. The maximum atomic E-state index is 13.4. The first-order chi connectivity index (χ1) is 28.5. The second-order valence-corrected chi connectivity index (χ2v) is 16.8. The van der Waals surface area contributed by atoms with Crippen LogP contribution in [0.15, 0.2) is 39.6 Å². The molecule has 3 saturated heterocycles. The second-order valence-electron chi connectivity index (χ2n) is 14.0. The molecule has 0 amide bonds. The topological polar surface area (TPSA) is 394 Å². The summed E-state index contributed by atoms with van der Waals surface area (Å²) in [5.41, 5.74) is 10.3. The predicted molar refractivity (Wildman–Crippen MR) is 198 cm³/mol. The van der Waals surface area contributed by atoms with Gasteiger partial charge in [-0.1, -0.05) is 0 Å². The van der Waals surface area contributed by atoms with Crippen LogP contribution in [-0.4, -0.2) is 125 Å². The number of fused-ring (bicyclic) bond motifs is 2. The molecule has 8 heterocycles. The molecule has 3 aliphatic heterocycles. The van der Waals surface area contributed by atoms with Crippen molar-refractivity contribution in [2.75, 3.05) is 31.3 Å². The van der Waals surface area contributed by atoms with E-state index < -0.39 is 108 Å². The van der Waals surface area contributed by atoms with E-state index in [2.05, 4.69) is 34.9 Å². The molecule has 0 saturated carbocycles. The third kappa shape index (κ3) is 8.42. The number of imidazole rings is 2. The Balaban J connectivity index is 0.951. The number of rotatable bonds is 14. The molecular formula is C30H38N12O16P2. The van der Waals surface area contributed by atoms with Crippen molar-refractivity contribution in [3.63, 3.8) is 0 Å². The Morgan fingerprint density at radius 1 is 0.783 bits per heavy atom. The lowest BCUT2D eigenvalue weighted by Crippen LogP contribution is -2.33. The standard InChI is InChI=1S/C30H38N12O16P2/c1-12-5-40(30(47)39-27(12)45)19-2-13(44)17(55-19)7-52-59(48,49)58-15-4-20(41-10-35-22-24(31)33-9-34-25(22)41)56-18(15)8-53-60(50,51)57-14-3-21(54-16(14)6-43)42-11-36-23-26(42)37-29(32)38-28(23)46/h5,9-11,13-21,43-44H,2-4,6-8H2,1H3,(H,48,49)(H,50,51)(H2,31,33,34)(H,39,45,47)(H3,32,37,38,46)/t13-,14-,15-,16+,17+,18+,19+,20+,21+/m0/s1. The van der Waals surface area contributed by atoms with Crippen molar-refractivity contribution in [1.82, 2.24) is 48.6 Å². The highest BCUT2D eigenvalue weighted by Gasteiger charge is 2.46. The van der Waals surface area contributed by atoms with Gasteiger partial charge >= 0.3 is 21.3 Å². The number of aryl methyl sites for hydroxylation is 1.